The van der Waals surface area contributed by atoms with Crippen LogP contribution in [0.2, 0.25) is 5.02 Å². The molecule has 1 heterocycles. The number of nitrogens with one attached hydrogen (secondary N) is 1. The number of anilines is 1. The number of nitrogens with zero attached hydrogens (tertiary/aromatic N) is 2. The molecule has 0 amide bonds. The molecule has 0 radical (unpaired) electrons. The lowest BCUT2D eigenvalue weighted by atomic mass is 10.1. The molecule has 3 aromatic rings. The van der Waals surface area contributed by atoms with Crippen LogP contribution in [-0.2, 0) is 26.6 Å². The van der Waals surface area contributed by atoms with Gasteiger partial charge in [0.2, 0.25) is 10.0 Å². The molecule has 0 atom stereocenters. The Hall–Kier alpha value is -2.46. The van der Waals surface area contributed by atoms with Gasteiger partial charge in [0.15, 0.2) is 0 Å². The van der Waals surface area contributed by atoms with Crippen molar-refractivity contribution in [2.24, 2.45) is 0 Å². The molecule has 0 saturated carbocycles. The predicted octanol–water partition coefficient (Wildman–Crippen LogP) is 3.66. The highest BCUT2D eigenvalue weighted by Gasteiger charge is 2.27. The molecule has 0 fully saturated rings. The topological polar surface area (TPSA) is 96.4 Å². The Labute approximate surface area is 187 Å². The van der Waals surface area contributed by atoms with Crippen molar-refractivity contribution in [2.75, 3.05) is 11.4 Å². The molecule has 7 nitrogen and oxygen atoms in total. The molecule has 0 unspecified atom stereocenters. The first kappa shape index (κ1) is 23.2. The smallest absolute Gasteiger partial charge is 0.264 e. The fourth-order valence-corrected chi connectivity index (χ4v) is 5.94. The van der Waals surface area contributed by atoms with Gasteiger partial charge in [-0.1, -0.05) is 23.7 Å². The van der Waals surface area contributed by atoms with Crippen molar-refractivity contribution in [3.05, 3.63) is 82.6 Å². The van der Waals surface area contributed by atoms with Crippen molar-refractivity contribution in [3.63, 3.8) is 0 Å². The largest absolute Gasteiger partial charge is 0.269 e. The highest BCUT2D eigenvalue weighted by atomic mass is 35.5. The number of benzene rings is 2. The fraction of sp³-hybridized carbons (Fsp3) is 0.190. The first-order valence-corrected chi connectivity index (χ1v) is 12.6. The maximum absolute atomic E-state index is 13.1. The van der Waals surface area contributed by atoms with Gasteiger partial charge in [-0.15, -0.1) is 0 Å². The summed E-state index contributed by atoms with van der Waals surface area (Å²) in [6.07, 6.45) is 3.17. The molecule has 0 bridgehead atoms. The zero-order chi connectivity index (χ0) is 22.8. The molecule has 31 heavy (non-hydrogen) atoms. The van der Waals surface area contributed by atoms with Gasteiger partial charge in [0.25, 0.3) is 10.0 Å². The van der Waals surface area contributed by atoms with E-state index in [1.165, 1.54) is 37.4 Å². The van der Waals surface area contributed by atoms with Crippen LogP contribution < -0.4 is 9.03 Å². The number of hydrogen-bond donors (Lipinski definition) is 1. The van der Waals surface area contributed by atoms with Crippen LogP contribution in [0.1, 0.15) is 16.7 Å². The summed E-state index contributed by atoms with van der Waals surface area (Å²) in [5.74, 6) is 0. The van der Waals surface area contributed by atoms with Gasteiger partial charge in [-0.2, -0.15) is 0 Å². The molecule has 1 N–H and O–H groups in total. The van der Waals surface area contributed by atoms with Gasteiger partial charge in [0, 0.05) is 31.0 Å². The predicted molar refractivity (Wildman–Crippen MR) is 121 cm³/mol. The van der Waals surface area contributed by atoms with Crippen molar-refractivity contribution < 1.29 is 16.8 Å². The van der Waals surface area contributed by atoms with Gasteiger partial charge in [-0.05, 0) is 66.9 Å². The van der Waals surface area contributed by atoms with Crippen LogP contribution in [0.5, 0.6) is 0 Å². The first-order valence-electron chi connectivity index (χ1n) is 9.27. The molecule has 10 heteroatoms. The molecule has 2 aromatic carbocycles. The molecule has 0 spiro atoms. The fourth-order valence-electron chi connectivity index (χ4n) is 3.24. The van der Waals surface area contributed by atoms with Crippen LogP contribution in [0.4, 0.5) is 5.69 Å². The second kappa shape index (κ2) is 8.96. The molecule has 0 aliphatic carbocycles. The van der Waals surface area contributed by atoms with Crippen molar-refractivity contribution in [1.29, 1.82) is 0 Å². The van der Waals surface area contributed by atoms with Gasteiger partial charge >= 0.3 is 0 Å². The summed E-state index contributed by atoms with van der Waals surface area (Å²) in [6, 6.07) is 12.3. The Bertz CT molecular complexity index is 1290. The second-order valence-corrected chi connectivity index (χ2v) is 11.1. The number of rotatable bonds is 7. The monoisotopic (exact) mass is 479 g/mol. The van der Waals surface area contributed by atoms with E-state index in [2.05, 4.69) is 9.71 Å². The molecule has 1 aromatic heterocycles. The highest BCUT2D eigenvalue weighted by Crippen LogP contribution is 2.33. The summed E-state index contributed by atoms with van der Waals surface area (Å²) in [6.45, 7) is 3.39. The summed E-state index contributed by atoms with van der Waals surface area (Å²) in [4.78, 5) is 4.04. The third-order valence-corrected chi connectivity index (χ3v) is 8.42. The standard InChI is InChI=1S/C21H22ClN3O4S2/c1-15-6-11-20(30(26,27)24-14-17-5-4-12-23-13-17)16(2)21(15)25(3)31(28,29)19-9-7-18(22)8-10-19/h4-13,24H,14H2,1-3H3. The number of aromatic nitrogens is 1. The van der Waals surface area contributed by atoms with Crippen LogP contribution >= 0.6 is 11.6 Å². The Morgan fingerprint density at radius 3 is 2.29 bits per heavy atom. The van der Waals surface area contributed by atoms with Crippen LogP contribution in [0.25, 0.3) is 0 Å². The van der Waals surface area contributed by atoms with Gasteiger partial charge in [-0.25, -0.2) is 21.6 Å². The molecular weight excluding hydrogens is 458 g/mol. The van der Waals surface area contributed by atoms with Gasteiger partial charge in [-0.3, -0.25) is 9.29 Å². The van der Waals surface area contributed by atoms with Gasteiger partial charge < -0.3 is 0 Å². The van der Waals surface area contributed by atoms with Crippen LogP contribution in [0.3, 0.4) is 0 Å². The minimum Gasteiger partial charge on any atom is -0.269 e. The quantitative estimate of drug-likeness (QED) is 0.557. The van der Waals surface area contributed by atoms with Crippen molar-refractivity contribution in [2.45, 2.75) is 30.2 Å². The lowest BCUT2D eigenvalue weighted by Gasteiger charge is -2.25. The Morgan fingerprint density at radius 2 is 1.68 bits per heavy atom. The summed E-state index contributed by atoms with van der Waals surface area (Å²) in [5, 5.41) is 0.418. The van der Waals surface area contributed by atoms with E-state index in [1.807, 2.05) is 0 Å². The maximum Gasteiger partial charge on any atom is 0.264 e. The SMILES string of the molecule is Cc1ccc(S(=O)(=O)NCc2cccnc2)c(C)c1N(C)S(=O)(=O)c1ccc(Cl)cc1. The zero-order valence-electron chi connectivity index (χ0n) is 17.2. The van der Waals surface area contributed by atoms with Crippen LogP contribution in [-0.4, -0.2) is 28.9 Å². The molecular formula is C21H22ClN3O4S2. The van der Waals surface area contributed by atoms with Crippen molar-refractivity contribution in [1.82, 2.24) is 9.71 Å². The third kappa shape index (κ3) is 4.90. The van der Waals surface area contributed by atoms with E-state index in [4.69, 9.17) is 11.6 Å². The molecule has 164 valence electrons. The number of sulfonamides is 2. The van der Waals surface area contributed by atoms with E-state index in [9.17, 15) is 16.8 Å². The molecule has 0 saturated heterocycles. The van der Waals surface area contributed by atoms with Crippen LogP contribution in [0.15, 0.2) is 70.7 Å². The minimum absolute atomic E-state index is 0.00939. The van der Waals surface area contributed by atoms with Crippen LogP contribution in [0, 0.1) is 13.8 Å². The molecule has 0 aliphatic heterocycles. The summed E-state index contributed by atoms with van der Waals surface area (Å²) in [7, 11) is -6.41. The lowest BCUT2D eigenvalue weighted by Crippen LogP contribution is -2.29. The van der Waals surface area contributed by atoms with Gasteiger partial charge in [0.05, 0.1) is 15.5 Å². The second-order valence-electron chi connectivity index (χ2n) is 6.97. The van der Waals surface area contributed by atoms with E-state index in [-0.39, 0.29) is 16.3 Å². The summed E-state index contributed by atoms with van der Waals surface area (Å²) < 4.78 is 55.8. The number of aryl methyl sites for hydroxylation is 1. The third-order valence-electron chi connectivity index (χ3n) is 4.85. The molecule has 3 rings (SSSR count). The number of pyridine rings is 1. The van der Waals surface area contributed by atoms with E-state index in [1.54, 1.807) is 44.4 Å². The zero-order valence-corrected chi connectivity index (χ0v) is 19.6. The Balaban J connectivity index is 1.99. The normalized spacial score (nSPS) is 12.0. The highest BCUT2D eigenvalue weighted by molar-refractivity contribution is 7.92. The average molecular weight is 480 g/mol. The first-order chi connectivity index (χ1) is 14.5. The van der Waals surface area contributed by atoms with E-state index in [0.29, 0.717) is 27.4 Å². The molecule has 0 aliphatic rings. The van der Waals surface area contributed by atoms with E-state index in [0.717, 1.165) is 4.31 Å². The van der Waals surface area contributed by atoms with Crippen molar-refractivity contribution in [3.8, 4) is 0 Å². The average Bonchev–Trinajstić information content (AvgIpc) is 2.73. The number of hydrogen-bond acceptors (Lipinski definition) is 5. The minimum atomic E-state index is -3.92. The lowest BCUT2D eigenvalue weighted by molar-refractivity contribution is 0.580. The number of halogens is 1. The Morgan fingerprint density at radius 1 is 1.00 bits per heavy atom. The Kier molecular flexibility index (Phi) is 6.70. The van der Waals surface area contributed by atoms with Crippen molar-refractivity contribution >= 4 is 37.3 Å². The summed E-state index contributed by atoms with van der Waals surface area (Å²) >= 11 is 5.87. The van der Waals surface area contributed by atoms with E-state index >= 15 is 0 Å². The van der Waals surface area contributed by atoms with E-state index < -0.39 is 20.0 Å². The maximum atomic E-state index is 13.1. The summed E-state index contributed by atoms with van der Waals surface area (Å²) in [5.41, 5.74) is 1.97. The van der Waals surface area contributed by atoms with Gasteiger partial charge in [0.1, 0.15) is 0 Å².